The second kappa shape index (κ2) is 14.5. The average Bonchev–Trinajstić information content (AvgIpc) is 3.23. The Morgan fingerprint density at radius 1 is 0.878 bits per heavy atom. The number of carbonyl (C=O) groups excluding carboxylic acids is 5. The van der Waals surface area contributed by atoms with Crippen molar-refractivity contribution in [2.24, 2.45) is 5.41 Å². The minimum Gasteiger partial charge on any atom is -0.493 e. The van der Waals surface area contributed by atoms with E-state index in [2.05, 4.69) is 64.3 Å². The molecule has 11 heteroatoms. The van der Waals surface area contributed by atoms with Crippen molar-refractivity contribution in [1.82, 2.24) is 4.90 Å². The summed E-state index contributed by atoms with van der Waals surface area (Å²) < 4.78 is 11.3. The molecule has 268 valence electrons. The Labute approximate surface area is 295 Å². The molecule has 2 aromatic carbocycles. The molecular weight excluding hydrogens is 646 g/mol. The van der Waals surface area contributed by atoms with Crippen LogP contribution < -0.4 is 15.4 Å². The zero-order valence-corrected chi connectivity index (χ0v) is 31.5. The van der Waals surface area contributed by atoms with Crippen LogP contribution in [0.4, 0.5) is 16.2 Å². The van der Waals surface area contributed by atoms with E-state index in [-0.39, 0.29) is 28.8 Å². The number of rotatable bonds is 14. The molecule has 2 aromatic rings. The number of cyclic esters (lactones) is 1. The fourth-order valence-corrected chi connectivity index (χ4v) is 5.73. The highest BCUT2D eigenvalue weighted by atomic mass is 35.5. The van der Waals surface area contributed by atoms with Gasteiger partial charge in [-0.1, -0.05) is 92.1 Å². The number of halogens is 1. The highest BCUT2D eigenvalue weighted by molar-refractivity contribution is 6.50. The van der Waals surface area contributed by atoms with E-state index in [1.165, 1.54) is 52.3 Å². The van der Waals surface area contributed by atoms with Gasteiger partial charge >= 0.3 is 6.09 Å². The summed E-state index contributed by atoms with van der Waals surface area (Å²) in [6.45, 7) is 20.8. The Balaban J connectivity index is 1.69. The van der Waals surface area contributed by atoms with Crippen LogP contribution >= 0.6 is 11.6 Å². The maximum Gasteiger partial charge on any atom is 0.420 e. The normalized spacial score (nSPS) is 16.1. The summed E-state index contributed by atoms with van der Waals surface area (Å²) in [5.74, 6) is -2.36. The molecule has 1 atom stereocenters. The lowest BCUT2D eigenvalue weighted by Gasteiger charge is -2.35. The van der Waals surface area contributed by atoms with Crippen molar-refractivity contribution in [2.45, 2.75) is 123 Å². The Hall–Kier alpha value is -3.92. The van der Waals surface area contributed by atoms with E-state index in [0.29, 0.717) is 23.6 Å². The molecule has 0 spiro atoms. The van der Waals surface area contributed by atoms with Crippen molar-refractivity contribution < 1.29 is 33.4 Å². The van der Waals surface area contributed by atoms with Gasteiger partial charge in [-0.2, -0.15) is 0 Å². The SMILES string of the molecule is CCC(C)(C)c1ccc(OCCCC(=O)Nc2cccc(NC(=O)C(Cl)(C(=O)C(C)(C)C)N3C(=O)OC(C)(C)C3=O)c2)c(C(C)(C)CC)c1. The minimum atomic E-state index is -2.72. The molecule has 0 aromatic heterocycles. The van der Waals surface area contributed by atoms with Gasteiger partial charge in [0.05, 0.1) is 6.61 Å². The predicted octanol–water partition coefficient (Wildman–Crippen LogP) is 8.11. The third-order valence-electron chi connectivity index (χ3n) is 9.30. The topological polar surface area (TPSA) is 131 Å². The molecule has 0 bridgehead atoms. The molecule has 1 aliphatic rings. The summed E-state index contributed by atoms with van der Waals surface area (Å²) in [5, 5.41) is 5.35. The molecule has 0 aliphatic carbocycles. The van der Waals surface area contributed by atoms with Gasteiger partial charge in [-0.05, 0) is 73.8 Å². The van der Waals surface area contributed by atoms with Crippen LogP contribution in [0.2, 0.25) is 0 Å². The van der Waals surface area contributed by atoms with E-state index < -0.39 is 39.7 Å². The van der Waals surface area contributed by atoms with Crippen molar-refractivity contribution in [3.63, 3.8) is 0 Å². The quantitative estimate of drug-likeness (QED) is 0.0883. The fourth-order valence-electron chi connectivity index (χ4n) is 5.26. The molecule has 1 unspecified atom stereocenters. The zero-order valence-electron chi connectivity index (χ0n) is 30.8. The Morgan fingerprint density at radius 3 is 2.00 bits per heavy atom. The molecular formula is C38H52ClN3O7. The molecule has 1 heterocycles. The molecule has 1 aliphatic heterocycles. The van der Waals surface area contributed by atoms with Gasteiger partial charge in [-0.25, -0.2) is 9.69 Å². The lowest BCUT2D eigenvalue weighted by atomic mass is 9.76. The summed E-state index contributed by atoms with van der Waals surface area (Å²) >= 11 is 6.68. The number of Topliss-reactive ketones (excluding diaryl/α,β-unsaturated/α-hetero) is 1. The predicted molar refractivity (Wildman–Crippen MR) is 192 cm³/mol. The molecule has 3 rings (SSSR count). The number of nitrogens with one attached hydrogen (secondary N) is 2. The van der Waals surface area contributed by atoms with Crippen LogP contribution in [0, 0.1) is 5.41 Å². The van der Waals surface area contributed by atoms with Gasteiger partial charge in [0, 0.05) is 28.8 Å². The summed E-state index contributed by atoms with van der Waals surface area (Å²) in [6, 6.07) is 12.6. The number of ether oxygens (including phenoxy) is 2. The van der Waals surface area contributed by atoms with Crippen molar-refractivity contribution in [3.8, 4) is 5.75 Å². The Morgan fingerprint density at radius 2 is 1.47 bits per heavy atom. The molecule has 49 heavy (non-hydrogen) atoms. The Bertz CT molecular complexity index is 1610. The zero-order chi connectivity index (χ0) is 37.2. The molecule has 0 saturated carbocycles. The van der Waals surface area contributed by atoms with Crippen molar-refractivity contribution >= 4 is 52.6 Å². The van der Waals surface area contributed by atoms with E-state index in [9.17, 15) is 24.0 Å². The largest absolute Gasteiger partial charge is 0.493 e. The number of alkyl halides is 1. The summed E-state index contributed by atoms with van der Waals surface area (Å²) in [4.78, 5) is 63.5. The first-order valence-corrected chi connectivity index (χ1v) is 17.2. The first-order chi connectivity index (χ1) is 22.5. The van der Waals surface area contributed by atoms with Crippen LogP contribution in [-0.2, 0) is 34.7 Å². The minimum absolute atomic E-state index is 0.0460. The van der Waals surface area contributed by atoms with E-state index in [0.717, 1.165) is 24.2 Å². The van der Waals surface area contributed by atoms with Crippen LogP contribution in [0.25, 0.3) is 0 Å². The van der Waals surface area contributed by atoms with Gasteiger partial charge in [0.2, 0.25) is 5.91 Å². The van der Waals surface area contributed by atoms with Crippen molar-refractivity contribution in [2.75, 3.05) is 17.2 Å². The van der Waals surface area contributed by atoms with Crippen molar-refractivity contribution in [1.29, 1.82) is 0 Å². The van der Waals surface area contributed by atoms with E-state index >= 15 is 0 Å². The average molecular weight is 698 g/mol. The van der Waals surface area contributed by atoms with E-state index in [1.807, 2.05) is 6.07 Å². The number of hydrogen-bond donors (Lipinski definition) is 2. The lowest BCUT2D eigenvalue weighted by Crippen LogP contribution is -2.63. The summed E-state index contributed by atoms with van der Waals surface area (Å²) in [7, 11) is 0. The highest BCUT2D eigenvalue weighted by Gasteiger charge is 2.64. The molecule has 0 radical (unpaired) electrons. The number of hydrogen-bond acceptors (Lipinski definition) is 7. The van der Waals surface area contributed by atoms with Gasteiger partial charge in [-0.15, -0.1) is 0 Å². The third-order valence-corrected chi connectivity index (χ3v) is 9.81. The second-order valence-corrected chi connectivity index (χ2v) is 16.0. The van der Waals surface area contributed by atoms with Crippen LogP contribution in [0.5, 0.6) is 5.75 Å². The monoisotopic (exact) mass is 697 g/mol. The van der Waals surface area contributed by atoms with Crippen molar-refractivity contribution in [3.05, 3.63) is 53.6 Å². The van der Waals surface area contributed by atoms with Crippen LogP contribution in [-0.4, -0.2) is 51.7 Å². The molecule has 2 N–H and O–H groups in total. The molecule has 1 fully saturated rings. The third kappa shape index (κ3) is 8.63. The number of nitrogens with zero attached hydrogens (tertiary/aromatic N) is 1. The standard InChI is InChI=1S/C38H52ClN3O7/c1-12-35(6,7)24-19-20-28(27(22-24)36(8,9)13-2)48-21-15-18-29(43)40-25-16-14-17-26(23-25)41-31(45)38(39,30(44)34(3,4)5)42-32(46)37(10,11)49-33(42)47/h14,16-17,19-20,22-23H,12-13,15,18,21H2,1-11H3,(H,40,43)(H,41,45). The number of benzene rings is 2. The van der Waals surface area contributed by atoms with E-state index in [4.69, 9.17) is 21.1 Å². The molecule has 1 saturated heterocycles. The first kappa shape index (κ1) is 39.5. The summed E-state index contributed by atoms with van der Waals surface area (Å²) in [6.07, 6.45) is 1.41. The smallest absolute Gasteiger partial charge is 0.420 e. The van der Waals surface area contributed by atoms with Gasteiger partial charge in [0.25, 0.3) is 16.8 Å². The van der Waals surface area contributed by atoms with Crippen LogP contribution in [0.3, 0.4) is 0 Å². The van der Waals surface area contributed by atoms with Gasteiger partial charge in [0.15, 0.2) is 11.4 Å². The summed E-state index contributed by atoms with van der Waals surface area (Å²) in [5.41, 5.74) is 0.111. The van der Waals surface area contributed by atoms with E-state index in [1.54, 1.807) is 12.1 Å². The molecule has 4 amide bonds. The van der Waals surface area contributed by atoms with Gasteiger partial charge in [-0.3, -0.25) is 19.2 Å². The van der Waals surface area contributed by atoms with Crippen LogP contribution in [0.1, 0.15) is 113 Å². The van der Waals surface area contributed by atoms with Crippen LogP contribution in [0.15, 0.2) is 42.5 Å². The van der Waals surface area contributed by atoms with Gasteiger partial charge in [0.1, 0.15) is 5.75 Å². The Kier molecular flexibility index (Phi) is 11.7. The first-order valence-electron chi connectivity index (χ1n) is 16.8. The van der Waals surface area contributed by atoms with Gasteiger partial charge < -0.3 is 20.1 Å². The highest BCUT2D eigenvalue weighted by Crippen LogP contribution is 2.40. The second-order valence-electron chi connectivity index (χ2n) is 15.4. The maximum atomic E-state index is 13.7. The number of anilines is 2. The molecule has 10 nitrogen and oxygen atoms in total. The number of imide groups is 1. The number of amides is 4. The number of ketones is 1. The maximum absolute atomic E-state index is 13.7. The lowest BCUT2D eigenvalue weighted by molar-refractivity contribution is -0.148. The fraction of sp³-hybridized carbons (Fsp3) is 0.553. The number of carbonyl (C=O) groups is 5.